The van der Waals surface area contributed by atoms with Crippen LogP contribution in [0.1, 0.15) is 11.3 Å². The molecule has 0 N–H and O–H groups in total. The fourth-order valence-electron chi connectivity index (χ4n) is 4.45. The Balaban J connectivity index is 1.37. The van der Waals surface area contributed by atoms with E-state index in [1.54, 1.807) is 6.20 Å². The van der Waals surface area contributed by atoms with E-state index < -0.39 is 0 Å². The largest absolute Gasteiger partial charge is 0.355 e. The Labute approximate surface area is 158 Å². The maximum Gasteiger partial charge on any atom is 0.150 e. The molecule has 2 aromatic heterocycles. The summed E-state index contributed by atoms with van der Waals surface area (Å²) in [7, 11) is 0. The van der Waals surface area contributed by atoms with E-state index in [9.17, 15) is 5.26 Å². The van der Waals surface area contributed by atoms with Gasteiger partial charge in [0.1, 0.15) is 11.9 Å². The third kappa shape index (κ3) is 2.67. The number of fused-ring (bicyclic) bond motifs is 2. The molecule has 6 heteroatoms. The topological polar surface area (TPSA) is 68.9 Å². The van der Waals surface area contributed by atoms with Crippen LogP contribution in [0.5, 0.6) is 0 Å². The lowest BCUT2D eigenvalue weighted by molar-refractivity contribution is 0.533. The van der Waals surface area contributed by atoms with Crippen molar-refractivity contribution in [2.75, 3.05) is 36.0 Å². The summed E-state index contributed by atoms with van der Waals surface area (Å²) < 4.78 is 0. The minimum atomic E-state index is 0.561. The molecule has 0 amide bonds. The first kappa shape index (κ1) is 16.0. The van der Waals surface area contributed by atoms with Crippen LogP contribution in [0, 0.1) is 30.1 Å². The Bertz CT molecular complexity index is 1040. The number of hydrogen-bond acceptors (Lipinski definition) is 6. The maximum atomic E-state index is 9.35. The third-order valence-corrected chi connectivity index (χ3v) is 5.71. The van der Waals surface area contributed by atoms with Gasteiger partial charge in [-0.3, -0.25) is 0 Å². The number of hydrogen-bond donors (Lipinski definition) is 0. The van der Waals surface area contributed by atoms with Crippen molar-refractivity contribution < 1.29 is 0 Å². The number of aromatic nitrogens is 3. The number of nitriles is 1. The second-order valence-corrected chi connectivity index (χ2v) is 7.44. The lowest BCUT2D eigenvalue weighted by Gasteiger charge is -2.24. The first-order chi connectivity index (χ1) is 13.2. The summed E-state index contributed by atoms with van der Waals surface area (Å²) in [5.74, 6) is 2.95. The molecule has 27 heavy (non-hydrogen) atoms. The van der Waals surface area contributed by atoms with Crippen LogP contribution in [-0.2, 0) is 0 Å². The SMILES string of the molecule is Cc1nc2ccccc2nc1N1CC2CN(c3ncccc3C#N)CC2C1. The van der Waals surface area contributed by atoms with Crippen LogP contribution >= 0.6 is 0 Å². The van der Waals surface area contributed by atoms with Gasteiger partial charge in [-0.15, -0.1) is 0 Å². The van der Waals surface area contributed by atoms with Gasteiger partial charge < -0.3 is 9.80 Å². The highest BCUT2D eigenvalue weighted by molar-refractivity contribution is 5.76. The van der Waals surface area contributed by atoms with Crippen molar-refractivity contribution >= 4 is 22.7 Å². The molecule has 0 spiro atoms. The molecule has 2 saturated heterocycles. The first-order valence-electron chi connectivity index (χ1n) is 9.31. The first-order valence-corrected chi connectivity index (χ1v) is 9.31. The Morgan fingerprint density at radius 2 is 1.52 bits per heavy atom. The highest BCUT2D eigenvalue weighted by Crippen LogP contribution is 2.36. The van der Waals surface area contributed by atoms with Crippen LogP contribution in [0.2, 0.25) is 0 Å². The van der Waals surface area contributed by atoms with E-state index in [1.165, 1.54) is 0 Å². The monoisotopic (exact) mass is 356 g/mol. The molecule has 0 aliphatic carbocycles. The fourth-order valence-corrected chi connectivity index (χ4v) is 4.45. The molecule has 0 saturated carbocycles. The van der Waals surface area contributed by atoms with Gasteiger partial charge in [-0.2, -0.15) is 5.26 Å². The van der Waals surface area contributed by atoms with E-state index in [0.29, 0.717) is 17.4 Å². The molecular formula is C21H20N6. The number of para-hydroxylation sites is 2. The lowest BCUT2D eigenvalue weighted by Crippen LogP contribution is -2.30. The zero-order valence-corrected chi connectivity index (χ0v) is 15.2. The molecule has 0 radical (unpaired) electrons. The number of rotatable bonds is 2. The summed E-state index contributed by atoms with van der Waals surface area (Å²) in [4.78, 5) is 18.7. The summed E-state index contributed by atoms with van der Waals surface area (Å²) in [6.07, 6.45) is 1.77. The standard InChI is InChI=1S/C21H20N6/c1-14-20(25-19-7-3-2-6-18(19)24-14)26-10-16-12-27(13-17(16)11-26)21-15(9-22)5-4-8-23-21/h2-8,16-17H,10-13H2,1H3. The zero-order chi connectivity index (χ0) is 18.4. The number of pyridine rings is 1. The maximum absolute atomic E-state index is 9.35. The van der Waals surface area contributed by atoms with Crippen LogP contribution in [0.25, 0.3) is 11.0 Å². The van der Waals surface area contributed by atoms with Crippen LogP contribution < -0.4 is 9.80 Å². The fraction of sp³-hybridized carbons (Fsp3) is 0.333. The average molecular weight is 356 g/mol. The van der Waals surface area contributed by atoms with Gasteiger partial charge in [-0.25, -0.2) is 15.0 Å². The molecule has 2 unspecified atom stereocenters. The van der Waals surface area contributed by atoms with Crippen molar-refractivity contribution in [2.45, 2.75) is 6.92 Å². The van der Waals surface area contributed by atoms with E-state index in [-0.39, 0.29) is 0 Å². The Hall–Kier alpha value is -3.20. The van der Waals surface area contributed by atoms with Gasteiger partial charge in [0.05, 0.1) is 22.3 Å². The van der Waals surface area contributed by atoms with Crippen molar-refractivity contribution in [3.63, 3.8) is 0 Å². The normalized spacial score (nSPS) is 21.5. The molecule has 4 heterocycles. The van der Waals surface area contributed by atoms with Crippen molar-refractivity contribution in [1.29, 1.82) is 5.26 Å². The van der Waals surface area contributed by atoms with Gasteiger partial charge in [-0.05, 0) is 31.2 Å². The average Bonchev–Trinajstić information content (AvgIpc) is 3.26. The third-order valence-electron chi connectivity index (χ3n) is 5.71. The van der Waals surface area contributed by atoms with Gasteiger partial charge in [-0.1, -0.05) is 12.1 Å². The number of aryl methyl sites for hydroxylation is 1. The Kier molecular flexibility index (Phi) is 3.68. The van der Waals surface area contributed by atoms with Crippen molar-refractivity contribution in [2.24, 2.45) is 11.8 Å². The van der Waals surface area contributed by atoms with Crippen LogP contribution in [-0.4, -0.2) is 41.1 Å². The second-order valence-electron chi connectivity index (χ2n) is 7.44. The predicted molar refractivity (Wildman–Crippen MR) is 105 cm³/mol. The van der Waals surface area contributed by atoms with Crippen molar-refractivity contribution in [3.05, 3.63) is 53.9 Å². The molecule has 0 bridgehead atoms. The van der Waals surface area contributed by atoms with Crippen LogP contribution in [0.3, 0.4) is 0 Å². The Morgan fingerprint density at radius 3 is 2.19 bits per heavy atom. The molecule has 2 aliphatic heterocycles. The van der Waals surface area contributed by atoms with Gasteiger partial charge >= 0.3 is 0 Å². The van der Waals surface area contributed by atoms with E-state index in [0.717, 1.165) is 54.5 Å². The van der Waals surface area contributed by atoms with Crippen LogP contribution in [0.4, 0.5) is 11.6 Å². The summed E-state index contributed by atoms with van der Waals surface area (Å²) in [5, 5.41) is 9.35. The molecule has 2 fully saturated rings. The molecule has 2 atom stereocenters. The molecule has 2 aliphatic rings. The lowest BCUT2D eigenvalue weighted by atomic mass is 10.0. The zero-order valence-electron chi connectivity index (χ0n) is 15.2. The summed E-state index contributed by atoms with van der Waals surface area (Å²) in [5.41, 5.74) is 3.54. The number of nitrogens with zero attached hydrogens (tertiary/aromatic N) is 6. The minimum Gasteiger partial charge on any atom is -0.355 e. The van der Waals surface area contributed by atoms with Gasteiger partial charge in [0.15, 0.2) is 5.82 Å². The number of anilines is 2. The molecule has 1 aromatic carbocycles. The molecule has 5 rings (SSSR count). The van der Waals surface area contributed by atoms with E-state index in [1.807, 2.05) is 43.3 Å². The minimum absolute atomic E-state index is 0.561. The van der Waals surface area contributed by atoms with Crippen molar-refractivity contribution in [3.8, 4) is 6.07 Å². The quantitative estimate of drug-likeness (QED) is 0.703. The molecule has 6 nitrogen and oxygen atoms in total. The predicted octanol–water partition coefficient (Wildman–Crippen LogP) is 2.78. The second kappa shape index (κ2) is 6.20. The highest BCUT2D eigenvalue weighted by atomic mass is 15.3. The van der Waals surface area contributed by atoms with Crippen molar-refractivity contribution in [1.82, 2.24) is 15.0 Å². The van der Waals surface area contributed by atoms with Crippen LogP contribution in [0.15, 0.2) is 42.6 Å². The molecule has 134 valence electrons. The number of benzene rings is 1. The van der Waals surface area contributed by atoms with E-state index in [2.05, 4.69) is 20.9 Å². The van der Waals surface area contributed by atoms with Gasteiger partial charge in [0, 0.05) is 44.2 Å². The summed E-state index contributed by atoms with van der Waals surface area (Å²) >= 11 is 0. The highest BCUT2D eigenvalue weighted by Gasteiger charge is 2.41. The Morgan fingerprint density at radius 1 is 0.889 bits per heavy atom. The van der Waals surface area contributed by atoms with Gasteiger partial charge in [0.2, 0.25) is 0 Å². The molecule has 3 aromatic rings. The summed E-state index contributed by atoms with van der Waals surface area (Å²) in [6.45, 7) is 5.87. The molecular weight excluding hydrogens is 336 g/mol. The van der Waals surface area contributed by atoms with Gasteiger partial charge in [0.25, 0.3) is 0 Å². The van der Waals surface area contributed by atoms with E-state index >= 15 is 0 Å². The smallest absolute Gasteiger partial charge is 0.150 e. The van der Waals surface area contributed by atoms with E-state index in [4.69, 9.17) is 9.97 Å². The summed E-state index contributed by atoms with van der Waals surface area (Å²) in [6, 6.07) is 14.0.